The van der Waals surface area contributed by atoms with Gasteiger partial charge in [-0.2, -0.15) is 0 Å². The summed E-state index contributed by atoms with van der Waals surface area (Å²) in [6.07, 6.45) is -1.90. The summed E-state index contributed by atoms with van der Waals surface area (Å²) in [5.41, 5.74) is -1.52. The maximum atomic E-state index is 12.4. The van der Waals surface area contributed by atoms with Crippen molar-refractivity contribution in [1.82, 2.24) is 10.6 Å². The molecule has 0 saturated carbocycles. The van der Waals surface area contributed by atoms with Crippen molar-refractivity contribution in [2.24, 2.45) is 5.41 Å². The van der Waals surface area contributed by atoms with E-state index in [1.54, 1.807) is 27.7 Å². The molecular formula is C16H30N2O9P. The number of alkyl carbamates (subject to hydrolysis) is 1. The van der Waals surface area contributed by atoms with Crippen LogP contribution in [0.5, 0.6) is 0 Å². The Bertz CT molecular complexity index is 579. The normalized spacial score (nSPS) is 21.9. The third-order valence-corrected chi connectivity index (χ3v) is 5.09. The van der Waals surface area contributed by atoms with Crippen LogP contribution in [0, 0.1) is 12.3 Å². The van der Waals surface area contributed by atoms with E-state index < -0.39 is 50.0 Å². The van der Waals surface area contributed by atoms with Crippen LogP contribution in [0.25, 0.3) is 0 Å². The van der Waals surface area contributed by atoms with Gasteiger partial charge in [-0.1, -0.05) is 0 Å². The first-order valence-corrected chi connectivity index (χ1v) is 10.3. The topological polar surface area (TPSA) is 142 Å². The molecule has 1 rings (SSSR count). The first-order valence-electron chi connectivity index (χ1n) is 8.61. The van der Waals surface area contributed by atoms with Crippen molar-refractivity contribution in [3.63, 3.8) is 0 Å². The minimum atomic E-state index is -4.22. The van der Waals surface area contributed by atoms with E-state index in [2.05, 4.69) is 22.3 Å². The number of methoxy groups -OCH3 is 1. The van der Waals surface area contributed by atoms with Crippen LogP contribution in [0.1, 0.15) is 34.1 Å². The van der Waals surface area contributed by atoms with Gasteiger partial charge in [0.25, 0.3) is 0 Å². The second-order valence-electron chi connectivity index (χ2n) is 7.62. The fourth-order valence-corrected chi connectivity index (χ4v) is 3.84. The zero-order valence-electron chi connectivity index (χ0n) is 16.8. The fraction of sp³-hybridized carbons (Fsp3) is 0.750. The summed E-state index contributed by atoms with van der Waals surface area (Å²) in [6.45, 7) is 9.83. The summed E-state index contributed by atoms with van der Waals surface area (Å²) in [4.78, 5) is 45.5. The van der Waals surface area contributed by atoms with Crippen LogP contribution < -0.4 is 10.6 Å². The van der Waals surface area contributed by atoms with E-state index in [-0.39, 0.29) is 19.6 Å². The second kappa shape index (κ2) is 9.80. The quantitative estimate of drug-likeness (QED) is 0.293. The molecule has 1 saturated heterocycles. The van der Waals surface area contributed by atoms with Gasteiger partial charge in [-0.05, 0) is 0 Å². The van der Waals surface area contributed by atoms with Crippen molar-refractivity contribution in [2.75, 3.05) is 27.1 Å². The van der Waals surface area contributed by atoms with Crippen LogP contribution in [-0.4, -0.2) is 61.6 Å². The van der Waals surface area contributed by atoms with Gasteiger partial charge in [0.1, 0.15) is 0 Å². The number of carbonyl (C=O) groups excluding carboxylic acids is 3. The zero-order valence-corrected chi connectivity index (χ0v) is 17.8. The van der Waals surface area contributed by atoms with Crippen molar-refractivity contribution in [1.29, 1.82) is 0 Å². The molecule has 1 aliphatic rings. The number of ether oxygens (including phenoxy) is 2. The molecule has 1 radical (unpaired) electrons. The number of amides is 2. The molecule has 0 bridgehead atoms. The molecule has 0 aliphatic carbocycles. The van der Waals surface area contributed by atoms with Gasteiger partial charge < -0.3 is 0 Å². The molecule has 28 heavy (non-hydrogen) atoms. The average molecular weight is 425 g/mol. The van der Waals surface area contributed by atoms with E-state index in [9.17, 15) is 19.3 Å². The van der Waals surface area contributed by atoms with Gasteiger partial charge in [-0.3, -0.25) is 0 Å². The number of nitrogens with one attached hydrogen (secondary N) is 2. The molecule has 3 N–H and O–H groups in total. The molecule has 1 atom stereocenters. The van der Waals surface area contributed by atoms with Gasteiger partial charge in [0.2, 0.25) is 0 Å². The van der Waals surface area contributed by atoms with Gasteiger partial charge in [-0.15, -0.1) is 0 Å². The van der Waals surface area contributed by atoms with Crippen LogP contribution in [-0.2, 0) is 32.6 Å². The summed E-state index contributed by atoms with van der Waals surface area (Å²) in [5.74, 6) is -1.01. The second-order valence-corrected chi connectivity index (χ2v) is 9.48. The summed E-state index contributed by atoms with van der Waals surface area (Å²) in [7, 11) is -2.97. The molecule has 1 fully saturated rings. The Morgan fingerprint density at radius 3 is 2.57 bits per heavy atom. The van der Waals surface area contributed by atoms with Crippen molar-refractivity contribution in [3.8, 4) is 0 Å². The number of carbonyl (C=O) groups is 3. The van der Waals surface area contributed by atoms with Crippen LogP contribution >= 0.6 is 8.17 Å². The summed E-state index contributed by atoms with van der Waals surface area (Å²) in [6, 6.07) is 0. The van der Waals surface area contributed by atoms with E-state index >= 15 is 0 Å². The zero-order chi connectivity index (χ0) is 21.6. The Morgan fingerprint density at radius 2 is 2.00 bits per heavy atom. The molecule has 1 heterocycles. The van der Waals surface area contributed by atoms with Gasteiger partial charge >= 0.3 is 164 Å². The van der Waals surface area contributed by atoms with Crippen LogP contribution in [0.15, 0.2) is 0 Å². The molecule has 11 nitrogen and oxygen atoms in total. The Labute approximate surface area is 165 Å². The molecule has 0 aromatic rings. The Balaban J connectivity index is 2.59. The number of esters is 1. The Hall–Kier alpha value is -1.52. The molecule has 163 valence electrons. The van der Waals surface area contributed by atoms with Gasteiger partial charge in [0.05, 0.1) is 0 Å². The fourth-order valence-electron chi connectivity index (χ4n) is 2.13. The van der Waals surface area contributed by atoms with Gasteiger partial charge in [0, 0.05) is 0 Å². The van der Waals surface area contributed by atoms with Crippen LogP contribution in [0.4, 0.5) is 4.79 Å². The minimum absolute atomic E-state index is 0.00430. The van der Waals surface area contributed by atoms with Gasteiger partial charge in [-0.25, -0.2) is 0 Å². The first-order chi connectivity index (χ1) is 12.8. The Morgan fingerprint density at radius 1 is 1.36 bits per heavy atom. The average Bonchev–Trinajstić information content (AvgIpc) is 2.55. The molecule has 1 aliphatic heterocycles. The van der Waals surface area contributed by atoms with Crippen molar-refractivity contribution in [3.05, 3.63) is 6.92 Å². The third-order valence-electron chi connectivity index (χ3n) is 3.57. The van der Waals surface area contributed by atoms with E-state index in [1.807, 2.05) is 0 Å². The number of hydrogen-bond donors (Lipinski definition) is 3. The van der Waals surface area contributed by atoms with E-state index in [4.69, 9.17) is 18.3 Å². The molecular weight excluding hydrogens is 395 g/mol. The molecule has 0 unspecified atom stereocenters. The van der Waals surface area contributed by atoms with Crippen LogP contribution in [0.2, 0.25) is 0 Å². The predicted molar refractivity (Wildman–Crippen MR) is 99.8 cm³/mol. The SMILES string of the molecule is [CH2]C(C)(C)NC(=O)OCO[PH]1(O)OCC(C)(C)[C@H](C(=O)NCCC(=O)OC)O1. The van der Waals surface area contributed by atoms with E-state index in [1.165, 1.54) is 7.11 Å². The van der Waals surface area contributed by atoms with Crippen molar-refractivity contribution < 1.29 is 42.3 Å². The first kappa shape index (κ1) is 24.5. The summed E-state index contributed by atoms with van der Waals surface area (Å²) >= 11 is 0. The predicted octanol–water partition coefficient (Wildman–Crippen LogP) is 0.822. The third kappa shape index (κ3) is 8.24. The van der Waals surface area contributed by atoms with Gasteiger partial charge in [0.15, 0.2) is 0 Å². The number of rotatable bonds is 8. The summed E-state index contributed by atoms with van der Waals surface area (Å²) < 4.78 is 25.1. The Kier molecular flexibility index (Phi) is 8.58. The number of hydrogen-bond acceptors (Lipinski definition) is 9. The molecule has 0 spiro atoms. The molecule has 0 aromatic heterocycles. The van der Waals surface area contributed by atoms with E-state index in [0.717, 1.165) is 0 Å². The molecule has 2 amide bonds. The molecule has 0 aromatic carbocycles. The monoisotopic (exact) mass is 425 g/mol. The standard InChI is InChI=1S/C16H30N2O9P/c1-15(2,3)18-14(21)24-10-26-28(22)25-9-16(4,5)12(27-28)13(20)17-8-7-11(19)23-6/h12,22,28H,1,7-10H2,2-6H3,(H,17,20)(H,18,21)/t12-/m0/s1. The molecule has 12 heteroatoms. The van der Waals surface area contributed by atoms with Crippen molar-refractivity contribution >= 4 is 26.1 Å². The van der Waals surface area contributed by atoms with Crippen LogP contribution in [0.3, 0.4) is 0 Å². The summed E-state index contributed by atoms with van der Waals surface area (Å²) in [5, 5.41) is 4.99. The van der Waals surface area contributed by atoms with E-state index in [0.29, 0.717) is 0 Å². The van der Waals surface area contributed by atoms with Crippen molar-refractivity contribution in [2.45, 2.75) is 45.8 Å². The maximum absolute atomic E-state index is 12.4.